The van der Waals surface area contributed by atoms with E-state index in [-0.39, 0.29) is 0 Å². The molecule has 0 bridgehead atoms. The second kappa shape index (κ2) is 6.13. The molecule has 0 aliphatic rings. The van der Waals surface area contributed by atoms with Crippen molar-refractivity contribution in [2.45, 2.75) is 6.10 Å². The Morgan fingerprint density at radius 3 is 2.35 bits per heavy atom. The van der Waals surface area contributed by atoms with Crippen LogP contribution in [0.3, 0.4) is 0 Å². The van der Waals surface area contributed by atoms with Gasteiger partial charge < -0.3 is 19.3 Å². The summed E-state index contributed by atoms with van der Waals surface area (Å²) < 4.78 is 17.5. The monoisotopic (exact) mass is 315 g/mol. The number of nitrogens with zero attached hydrogens (tertiary/aromatic N) is 3. The number of pyridine rings is 1. The van der Waals surface area contributed by atoms with Crippen LogP contribution in [-0.4, -0.2) is 41.3 Å². The number of methoxy groups -OCH3 is 3. The van der Waals surface area contributed by atoms with Crippen molar-refractivity contribution >= 4 is 5.52 Å². The van der Waals surface area contributed by atoms with Crippen molar-refractivity contribution in [1.29, 1.82) is 0 Å². The Balaban J connectivity index is 2.12. The lowest BCUT2D eigenvalue weighted by Gasteiger charge is -2.17. The third kappa shape index (κ3) is 2.55. The minimum Gasteiger partial charge on any atom is -0.493 e. The molecule has 2 heterocycles. The lowest BCUT2D eigenvalue weighted by molar-refractivity contribution is 0.210. The van der Waals surface area contributed by atoms with Crippen LogP contribution < -0.4 is 14.2 Å². The molecular formula is C16H17N3O4. The Bertz CT molecular complexity index is 806. The minimum absolute atomic E-state index is 0.477. The Morgan fingerprint density at radius 1 is 1.04 bits per heavy atom. The zero-order chi connectivity index (χ0) is 16.4. The summed E-state index contributed by atoms with van der Waals surface area (Å²) in [4.78, 5) is 0. The van der Waals surface area contributed by atoms with Gasteiger partial charge in [-0.1, -0.05) is 11.3 Å². The van der Waals surface area contributed by atoms with Gasteiger partial charge in [-0.25, -0.2) is 4.52 Å². The normalized spacial score (nSPS) is 12.2. The highest BCUT2D eigenvalue weighted by Crippen LogP contribution is 2.40. The molecule has 1 unspecified atom stereocenters. The van der Waals surface area contributed by atoms with Crippen molar-refractivity contribution < 1.29 is 19.3 Å². The first-order valence-corrected chi connectivity index (χ1v) is 6.97. The number of aliphatic hydroxyl groups excluding tert-OH is 1. The zero-order valence-electron chi connectivity index (χ0n) is 13.1. The molecule has 7 heteroatoms. The number of rotatable bonds is 5. The first kappa shape index (κ1) is 15.1. The number of fused-ring (bicyclic) bond motifs is 1. The van der Waals surface area contributed by atoms with Crippen LogP contribution in [0.1, 0.15) is 17.4 Å². The molecule has 0 fully saturated rings. The zero-order valence-corrected chi connectivity index (χ0v) is 13.1. The highest BCUT2D eigenvalue weighted by molar-refractivity contribution is 5.55. The Morgan fingerprint density at radius 2 is 1.74 bits per heavy atom. The molecule has 23 heavy (non-hydrogen) atoms. The van der Waals surface area contributed by atoms with Crippen molar-refractivity contribution in [3.63, 3.8) is 0 Å². The van der Waals surface area contributed by atoms with E-state index in [1.165, 1.54) is 21.3 Å². The first-order valence-electron chi connectivity index (χ1n) is 6.97. The van der Waals surface area contributed by atoms with Gasteiger partial charge in [-0.2, -0.15) is 0 Å². The van der Waals surface area contributed by atoms with Crippen LogP contribution in [0.15, 0.2) is 36.5 Å². The number of aliphatic hydroxyl groups is 1. The van der Waals surface area contributed by atoms with E-state index in [4.69, 9.17) is 14.2 Å². The lowest BCUT2D eigenvalue weighted by atomic mass is 10.0. The fraction of sp³-hybridized carbons (Fsp3) is 0.250. The number of ether oxygens (including phenoxy) is 3. The molecule has 0 saturated heterocycles. The molecule has 0 amide bonds. The van der Waals surface area contributed by atoms with Crippen LogP contribution in [0.2, 0.25) is 0 Å². The van der Waals surface area contributed by atoms with Crippen LogP contribution in [0.4, 0.5) is 0 Å². The minimum atomic E-state index is -0.922. The molecule has 0 saturated carbocycles. The Labute approximate surface area is 133 Å². The molecule has 0 aliphatic heterocycles. The van der Waals surface area contributed by atoms with E-state index in [1.807, 2.05) is 12.1 Å². The van der Waals surface area contributed by atoms with Gasteiger partial charge in [0.1, 0.15) is 6.10 Å². The largest absolute Gasteiger partial charge is 0.493 e. The van der Waals surface area contributed by atoms with E-state index in [0.29, 0.717) is 28.5 Å². The summed E-state index contributed by atoms with van der Waals surface area (Å²) in [5, 5.41) is 18.6. The highest BCUT2D eigenvalue weighted by Gasteiger charge is 2.20. The molecule has 1 atom stereocenters. The standard InChI is InChI=1S/C16H17N3O4/c1-21-13-7-10(8-14(22-2)16(13)23-3)15(20)12-6-4-5-11-9-17-18-19(11)12/h4-9,15,20H,1-3H3. The Kier molecular flexibility index (Phi) is 4.03. The van der Waals surface area contributed by atoms with Gasteiger partial charge in [0.2, 0.25) is 5.75 Å². The van der Waals surface area contributed by atoms with Crippen LogP contribution >= 0.6 is 0 Å². The molecule has 0 spiro atoms. The van der Waals surface area contributed by atoms with Crippen molar-refractivity contribution in [3.05, 3.63) is 47.8 Å². The number of hydrogen-bond donors (Lipinski definition) is 1. The van der Waals surface area contributed by atoms with E-state index in [2.05, 4.69) is 10.3 Å². The third-order valence-corrected chi connectivity index (χ3v) is 3.64. The SMILES string of the molecule is COc1cc(C(O)c2cccc3cnnn23)cc(OC)c1OC. The van der Waals surface area contributed by atoms with Crippen molar-refractivity contribution in [2.75, 3.05) is 21.3 Å². The van der Waals surface area contributed by atoms with Crippen molar-refractivity contribution in [3.8, 4) is 17.2 Å². The predicted molar refractivity (Wildman–Crippen MR) is 83.1 cm³/mol. The molecule has 0 radical (unpaired) electrons. The van der Waals surface area contributed by atoms with E-state index < -0.39 is 6.10 Å². The van der Waals surface area contributed by atoms with Gasteiger partial charge in [0.25, 0.3) is 0 Å². The molecule has 3 aromatic rings. The van der Waals surface area contributed by atoms with Gasteiger partial charge in [0.05, 0.1) is 38.7 Å². The third-order valence-electron chi connectivity index (χ3n) is 3.64. The molecule has 2 aromatic heterocycles. The lowest BCUT2D eigenvalue weighted by Crippen LogP contribution is -2.08. The predicted octanol–water partition coefficient (Wildman–Crippen LogP) is 1.84. The number of aromatic nitrogens is 3. The van der Waals surface area contributed by atoms with E-state index >= 15 is 0 Å². The van der Waals surface area contributed by atoms with Gasteiger partial charge in [-0.15, -0.1) is 5.10 Å². The second-order valence-corrected chi connectivity index (χ2v) is 4.88. The maximum Gasteiger partial charge on any atom is 0.203 e. The molecule has 0 aliphatic carbocycles. The average molecular weight is 315 g/mol. The average Bonchev–Trinajstić information content (AvgIpc) is 3.08. The van der Waals surface area contributed by atoms with Gasteiger partial charge in [-0.3, -0.25) is 0 Å². The summed E-state index contributed by atoms with van der Waals surface area (Å²) in [6, 6.07) is 8.92. The summed E-state index contributed by atoms with van der Waals surface area (Å²) in [6.45, 7) is 0. The summed E-state index contributed by atoms with van der Waals surface area (Å²) in [7, 11) is 4.60. The van der Waals surface area contributed by atoms with Crippen LogP contribution in [-0.2, 0) is 0 Å². The molecular weight excluding hydrogens is 298 g/mol. The number of benzene rings is 1. The Hall–Kier alpha value is -2.80. The van der Waals surface area contributed by atoms with E-state index in [0.717, 1.165) is 5.52 Å². The maximum atomic E-state index is 10.8. The highest BCUT2D eigenvalue weighted by atomic mass is 16.5. The second-order valence-electron chi connectivity index (χ2n) is 4.88. The molecule has 7 nitrogen and oxygen atoms in total. The topological polar surface area (TPSA) is 78.1 Å². The summed E-state index contributed by atoms with van der Waals surface area (Å²) >= 11 is 0. The van der Waals surface area contributed by atoms with Crippen LogP contribution in [0.25, 0.3) is 5.52 Å². The summed E-state index contributed by atoms with van der Waals surface area (Å²) in [5.41, 5.74) is 1.99. The van der Waals surface area contributed by atoms with Crippen LogP contribution in [0.5, 0.6) is 17.2 Å². The maximum absolute atomic E-state index is 10.8. The fourth-order valence-corrected chi connectivity index (χ4v) is 2.51. The van der Waals surface area contributed by atoms with E-state index in [1.54, 1.807) is 28.9 Å². The summed E-state index contributed by atoms with van der Waals surface area (Å²) in [6.07, 6.45) is 0.708. The first-order chi connectivity index (χ1) is 11.2. The van der Waals surface area contributed by atoms with Gasteiger partial charge in [0, 0.05) is 0 Å². The molecule has 3 rings (SSSR count). The summed E-state index contributed by atoms with van der Waals surface area (Å²) in [5.74, 6) is 1.43. The quantitative estimate of drug-likeness (QED) is 0.774. The van der Waals surface area contributed by atoms with Gasteiger partial charge >= 0.3 is 0 Å². The van der Waals surface area contributed by atoms with Crippen molar-refractivity contribution in [2.24, 2.45) is 0 Å². The van der Waals surface area contributed by atoms with Crippen LogP contribution in [0, 0.1) is 0 Å². The molecule has 1 N–H and O–H groups in total. The smallest absolute Gasteiger partial charge is 0.203 e. The van der Waals surface area contributed by atoms with Gasteiger partial charge in [-0.05, 0) is 29.8 Å². The van der Waals surface area contributed by atoms with E-state index in [9.17, 15) is 5.11 Å². The number of hydrogen-bond acceptors (Lipinski definition) is 6. The fourth-order valence-electron chi connectivity index (χ4n) is 2.51. The van der Waals surface area contributed by atoms with Gasteiger partial charge in [0.15, 0.2) is 11.5 Å². The molecule has 120 valence electrons. The van der Waals surface area contributed by atoms with Crippen molar-refractivity contribution in [1.82, 2.24) is 14.8 Å². The molecule has 1 aromatic carbocycles.